The van der Waals surface area contributed by atoms with Gasteiger partial charge >= 0.3 is 5.76 Å². The van der Waals surface area contributed by atoms with Crippen LogP contribution in [0.15, 0.2) is 27.4 Å². The van der Waals surface area contributed by atoms with E-state index in [0.717, 1.165) is 5.52 Å². The van der Waals surface area contributed by atoms with E-state index in [2.05, 4.69) is 5.32 Å². The van der Waals surface area contributed by atoms with Gasteiger partial charge in [-0.3, -0.25) is 9.36 Å². The lowest BCUT2D eigenvalue weighted by Crippen LogP contribution is -2.11. The van der Waals surface area contributed by atoms with Crippen LogP contribution in [0.1, 0.15) is 6.92 Å². The van der Waals surface area contributed by atoms with Crippen LogP contribution in [-0.2, 0) is 11.3 Å². The number of benzene rings is 1. The summed E-state index contributed by atoms with van der Waals surface area (Å²) in [6.07, 6.45) is 0.579. The van der Waals surface area contributed by atoms with E-state index in [0.29, 0.717) is 24.2 Å². The van der Waals surface area contributed by atoms with Crippen molar-refractivity contribution in [3.63, 3.8) is 0 Å². The summed E-state index contributed by atoms with van der Waals surface area (Å²) < 4.78 is 6.56. The number of rotatable bonds is 3. The predicted octanol–water partition coefficient (Wildman–Crippen LogP) is 1.18. The zero-order chi connectivity index (χ0) is 10.8. The number of fused-ring (bicyclic) bond motifs is 1. The van der Waals surface area contributed by atoms with E-state index in [9.17, 15) is 9.59 Å². The Morgan fingerprint density at radius 3 is 3.00 bits per heavy atom. The lowest BCUT2D eigenvalue weighted by Gasteiger charge is -1.98. The molecule has 5 nitrogen and oxygen atoms in total. The van der Waals surface area contributed by atoms with Gasteiger partial charge in [0.2, 0.25) is 6.41 Å². The van der Waals surface area contributed by atoms with E-state index in [4.69, 9.17) is 4.42 Å². The highest BCUT2D eigenvalue weighted by atomic mass is 16.4. The highest BCUT2D eigenvalue weighted by Crippen LogP contribution is 2.17. The van der Waals surface area contributed by atoms with Crippen LogP contribution in [0.4, 0.5) is 5.69 Å². The van der Waals surface area contributed by atoms with Gasteiger partial charge in [-0.1, -0.05) is 0 Å². The average Bonchev–Trinajstić information content (AvgIpc) is 2.53. The summed E-state index contributed by atoms with van der Waals surface area (Å²) in [4.78, 5) is 21.6. The van der Waals surface area contributed by atoms with Gasteiger partial charge in [0.05, 0.1) is 5.52 Å². The molecule has 1 amide bonds. The molecule has 0 aliphatic heterocycles. The number of hydrogen-bond donors (Lipinski definition) is 1. The van der Waals surface area contributed by atoms with Crippen LogP contribution in [0.25, 0.3) is 11.1 Å². The predicted molar refractivity (Wildman–Crippen MR) is 55.8 cm³/mol. The minimum atomic E-state index is -0.379. The Labute approximate surface area is 85.3 Å². The summed E-state index contributed by atoms with van der Waals surface area (Å²) >= 11 is 0. The van der Waals surface area contributed by atoms with Crippen LogP contribution in [0.5, 0.6) is 0 Å². The number of amides is 1. The van der Waals surface area contributed by atoms with Crippen molar-refractivity contribution in [1.29, 1.82) is 0 Å². The molecule has 1 aromatic heterocycles. The highest BCUT2D eigenvalue weighted by Gasteiger charge is 2.07. The Bertz CT molecular complexity index is 553. The fourth-order valence-corrected chi connectivity index (χ4v) is 1.52. The molecule has 1 N–H and O–H groups in total. The van der Waals surface area contributed by atoms with Crippen LogP contribution in [0.2, 0.25) is 0 Å². The maximum atomic E-state index is 11.3. The van der Waals surface area contributed by atoms with Crippen LogP contribution in [-0.4, -0.2) is 11.0 Å². The molecule has 0 fully saturated rings. The van der Waals surface area contributed by atoms with Gasteiger partial charge in [-0.25, -0.2) is 4.79 Å². The number of anilines is 1. The number of hydrogen-bond acceptors (Lipinski definition) is 3. The summed E-state index contributed by atoms with van der Waals surface area (Å²) in [5.41, 5.74) is 1.82. The Kier molecular flexibility index (Phi) is 2.29. The van der Waals surface area contributed by atoms with Gasteiger partial charge < -0.3 is 9.73 Å². The second-order valence-electron chi connectivity index (χ2n) is 3.06. The number of carbonyl (C=O) groups is 1. The molecule has 0 spiro atoms. The fraction of sp³-hybridized carbons (Fsp3) is 0.200. The molecule has 0 saturated heterocycles. The highest BCUT2D eigenvalue weighted by molar-refractivity contribution is 5.81. The first kappa shape index (κ1) is 9.51. The molecule has 1 aromatic carbocycles. The third-order valence-corrected chi connectivity index (χ3v) is 2.21. The van der Waals surface area contributed by atoms with Crippen molar-refractivity contribution in [1.82, 2.24) is 4.57 Å². The van der Waals surface area contributed by atoms with Gasteiger partial charge in [0.1, 0.15) is 0 Å². The van der Waals surface area contributed by atoms with E-state index in [1.165, 1.54) is 4.57 Å². The van der Waals surface area contributed by atoms with Gasteiger partial charge in [0.25, 0.3) is 0 Å². The van der Waals surface area contributed by atoms with Crippen molar-refractivity contribution in [2.24, 2.45) is 0 Å². The summed E-state index contributed by atoms with van der Waals surface area (Å²) in [7, 11) is 0. The zero-order valence-corrected chi connectivity index (χ0v) is 8.19. The van der Waals surface area contributed by atoms with Crippen molar-refractivity contribution in [2.45, 2.75) is 13.5 Å². The number of aromatic nitrogens is 1. The Hall–Kier alpha value is -2.04. The second-order valence-corrected chi connectivity index (χ2v) is 3.06. The van der Waals surface area contributed by atoms with Gasteiger partial charge in [-0.15, -0.1) is 0 Å². The largest absolute Gasteiger partial charge is 0.419 e. The topological polar surface area (TPSA) is 64.2 Å². The minimum absolute atomic E-state index is 0.379. The molecular weight excluding hydrogens is 196 g/mol. The molecule has 15 heavy (non-hydrogen) atoms. The van der Waals surface area contributed by atoms with E-state index in [-0.39, 0.29) is 5.76 Å². The minimum Gasteiger partial charge on any atom is -0.408 e. The van der Waals surface area contributed by atoms with Crippen molar-refractivity contribution in [3.05, 3.63) is 28.7 Å². The van der Waals surface area contributed by atoms with Crippen molar-refractivity contribution >= 4 is 23.2 Å². The van der Waals surface area contributed by atoms with Gasteiger partial charge in [0, 0.05) is 18.3 Å². The molecule has 2 rings (SSSR count). The standard InChI is InChI=1S/C10H10N2O3/c1-2-12-8-4-3-7(11-6-13)5-9(8)15-10(12)14/h3-6H,2H2,1H3,(H,11,13). The molecule has 2 aromatic rings. The summed E-state index contributed by atoms with van der Waals surface area (Å²) in [5, 5.41) is 2.49. The van der Waals surface area contributed by atoms with Gasteiger partial charge in [-0.2, -0.15) is 0 Å². The van der Waals surface area contributed by atoms with Crippen molar-refractivity contribution < 1.29 is 9.21 Å². The monoisotopic (exact) mass is 206 g/mol. The quantitative estimate of drug-likeness (QED) is 0.767. The van der Waals surface area contributed by atoms with E-state index in [1.54, 1.807) is 18.2 Å². The summed E-state index contributed by atoms with van der Waals surface area (Å²) in [6.45, 7) is 2.43. The van der Waals surface area contributed by atoms with E-state index >= 15 is 0 Å². The zero-order valence-electron chi connectivity index (χ0n) is 8.19. The number of nitrogens with one attached hydrogen (secondary N) is 1. The maximum Gasteiger partial charge on any atom is 0.419 e. The Balaban J connectivity index is 2.64. The smallest absolute Gasteiger partial charge is 0.408 e. The normalized spacial score (nSPS) is 10.5. The fourth-order valence-electron chi connectivity index (χ4n) is 1.52. The molecule has 0 unspecified atom stereocenters. The molecule has 0 radical (unpaired) electrons. The first-order valence-corrected chi connectivity index (χ1v) is 4.60. The summed E-state index contributed by atoms with van der Waals surface area (Å²) in [5.74, 6) is -0.379. The molecule has 0 atom stereocenters. The Morgan fingerprint density at radius 2 is 2.33 bits per heavy atom. The number of nitrogens with zero attached hydrogens (tertiary/aromatic N) is 1. The molecule has 0 bridgehead atoms. The van der Waals surface area contributed by atoms with E-state index < -0.39 is 0 Å². The Morgan fingerprint density at radius 1 is 1.53 bits per heavy atom. The summed E-state index contributed by atoms with van der Waals surface area (Å²) in [6, 6.07) is 5.09. The third kappa shape index (κ3) is 1.52. The van der Waals surface area contributed by atoms with Crippen LogP contribution in [0, 0.1) is 0 Å². The molecule has 0 aliphatic carbocycles. The maximum absolute atomic E-state index is 11.3. The second kappa shape index (κ2) is 3.61. The van der Waals surface area contributed by atoms with Gasteiger partial charge in [-0.05, 0) is 19.1 Å². The first-order chi connectivity index (χ1) is 7.26. The molecular formula is C10H10N2O3. The molecule has 5 heteroatoms. The molecule has 78 valence electrons. The molecule has 0 saturated carbocycles. The van der Waals surface area contributed by atoms with Crippen LogP contribution < -0.4 is 11.1 Å². The van der Waals surface area contributed by atoms with Crippen LogP contribution >= 0.6 is 0 Å². The third-order valence-electron chi connectivity index (χ3n) is 2.21. The van der Waals surface area contributed by atoms with Crippen molar-refractivity contribution in [2.75, 3.05) is 5.32 Å². The van der Waals surface area contributed by atoms with E-state index in [1.807, 2.05) is 6.92 Å². The van der Waals surface area contributed by atoms with Crippen LogP contribution in [0.3, 0.4) is 0 Å². The number of oxazole rings is 1. The van der Waals surface area contributed by atoms with Gasteiger partial charge in [0.15, 0.2) is 5.58 Å². The number of carbonyl (C=O) groups excluding carboxylic acids is 1. The average molecular weight is 206 g/mol. The molecule has 0 aliphatic rings. The lowest BCUT2D eigenvalue weighted by atomic mass is 10.3. The van der Waals surface area contributed by atoms with Crippen molar-refractivity contribution in [3.8, 4) is 0 Å². The lowest BCUT2D eigenvalue weighted by molar-refractivity contribution is -0.105. The number of aryl methyl sites for hydroxylation is 1. The SMILES string of the molecule is CCn1c(=O)oc2cc(NC=O)ccc21. The molecule has 1 heterocycles. The first-order valence-electron chi connectivity index (χ1n) is 4.60.